The molecule has 0 amide bonds. The van der Waals surface area contributed by atoms with Crippen molar-refractivity contribution in [2.24, 2.45) is 5.92 Å². The second-order valence-corrected chi connectivity index (χ2v) is 5.43. The molecule has 0 nitrogen and oxygen atoms in total. The Morgan fingerprint density at radius 1 is 1.22 bits per heavy atom. The largest absolute Gasteiger partial charge is 0.152 e. The van der Waals surface area contributed by atoms with Crippen LogP contribution in [-0.2, 0) is 0 Å². The van der Waals surface area contributed by atoms with Gasteiger partial charge in [-0.3, -0.25) is 0 Å². The fraction of sp³-hybridized carbons (Fsp3) is 0.529. The van der Waals surface area contributed by atoms with Crippen molar-refractivity contribution in [3.63, 3.8) is 0 Å². The molecular weight excluding hydrogens is 215 g/mol. The van der Waals surface area contributed by atoms with Gasteiger partial charge in [-0.1, -0.05) is 69.2 Å². The molecule has 0 N–H and O–H groups in total. The standard InChI is InChI=1S/C17H26B/c1-7-12(3)11-18-17-10-14(5)16(9-15(17)6)13(4)8-2/h9-10,12H,4,7-8,11H2,1-3,5-6H3. The molecule has 1 aromatic carbocycles. The Morgan fingerprint density at radius 2 is 1.89 bits per heavy atom. The van der Waals surface area contributed by atoms with Gasteiger partial charge in [0.1, 0.15) is 0 Å². The maximum atomic E-state index is 4.15. The molecule has 1 rings (SSSR count). The van der Waals surface area contributed by atoms with Crippen molar-refractivity contribution in [3.05, 3.63) is 35.4 Å². The first-order valence-electron chi connectivity index (χ1n) is 7.12. The van der Waals surface area contributed by atoms with Crippen molar-refractivity contribution in [2.75, 3.05) is 0 Å². The van der Waals surface area contributed by atoms with Crippen LogP contribution >= 0.6 is 0 Å². The first kappa shape index (κ1) is 15.1. The van der Waals surface area contributed by atoms with Crippen LogP contribution in [0.4, 0.5) is 0 Å². The molecule has 1 heteroatoms. The Kier molecular flexibility index (Phi) is 5.72. The Balaban J connectivity index is 2.90. The number of aryl methyl sites for hydroxylation is 2. The maximum Gasteiger partial charge on any atom is 0.152 e. The van der Waals surface area contributed by atoms with Crippen LogP contribution in [0.2, 0.25) is 6.32 Å². The third-order valence-electron chi connectivity index (χ3n) is 3.86. The molecule has 1 unspecified atom stereocenters. The first-order chi connectivity index (χ1) is 8.49. The van der Waals surface area contributed by atoms with E-state index in [4.69, 9.17) is 0 Å². The van der Waals surface area contributed by atoms with Gasteiger partial charge in [-0.15, -0.1) is 0 Å². The average molecular weight is 241 g/mol. The number of allylic oxidation sites excluding steroid dienone is 1. The minimum absolute atomic E-state index is 0.773. The molecule has 1 aromatic rings. The number of hydrogen-bond donors (Lipinski definition) is 0. The molecule has 1 radical (unpaired) electrons. The summed E-state index contributed by atoms with van der Waals surface area (Å²) in [4.78, 5) is 0. The molecule has 0 saturated heterocycles. The lowest BCUT2D eigenvalue weighted by atomic mass is 9.61. The SMILES string of the molecule is C=C(CC)c1cc(C)c([B]CC(C)CC)cc1C. The Bertz CT molecular complexity index is 418. The lowest BCUT2D eigenvalue weighted by molar-refractivity contribution is 0.623. The van der Waals surface area contributed by atoms with Crippen molar-refractivity contribution in [1.29, 1.82) is 0 Å². The van der Waals surface area contributed by atoms with Crippen molar-refractivity contribution < 1.29 is 0 Å². The Morgan fingerprint density at radius 3 is 2.44 bits per heavy atom. The van der Waals surface area contributed by atoms with Gasteiger partial charge < -0.3 is 0 Å². The van der Waals surface area contributed by atoms with Gasteiger partial charge >= 0.3 is 0 Å². The van der Waals surface area contributed by atoms with E-state index in [2.05, 4.69) is 60.6 Å². The zero-order chi connectivity index (χ0) is 13.7. The second-order valence-electron chi connectivity index (χ2n) is 5.43. The molecule has 0 aliphatic rings. The highest BCUT2D eigenvalue weighted by atomic mass is 14.1. The molecule has 0 saturated carbocycles. The fourth-order valence-corrected chi connectivity index (χ4v) is 2.12. The predicted molar refractivity (Wildman–Crippen MR) is 84.9 cm³/mol. The van der Waals surface area contributed by atoms with Crippen LogP contribution in [0.1, 0.15) is 50.3 Å². The van der Waals surface area contributed by atoms with Crippen LogP contribution < -0.4 is 5.46 Å². The van der Waals surface area contributed by atoms with Gasteiger partial charge in [0.15, 0.2) is 7.28 Å². The van der Waals surface area contributed by atoms with E-state index in [1.54, 1.807) is 0 Å². The van der Waals surface area contributed by atoms with E-state index < -0.39 is 0 Å². The number of hydrogen-bond acceptors (Lipinski definition) is 0. The highest BCUT2D eigenvalue weighted by molar-refractivity contribution is 6.54. The van der Waals surface area contributed by atoms with E-state index in [1.165, 1.54) is 40.5 Å². The van der Waals surface area contributed by atoms with E-state index in [9.17, 15) is 0 Å². The van der Waals surface area contributed by atoms with E-state index in [-0.39, 0.29) is 0 Å². The van der Waals surface area contributed by atoms with E-state index in [1.807, 2.05) is 0 Å². The Labute approximate surface area is 114 Å². The zero-order valence-electron chi connectivity index (χ0n) is 12.6. The van der Waals surface area contributed by atoms with Crippen LogP contribution in [0.15, 0.2) is 18.7 Å². The quantitative estimate of drug-likeness (QED) is 0.642. The summed E-state index contributed by atoms with van der Waals surface area (Å²) in [5.74, 6) is 0.773. The fourth-order valence-electron chi connectivity index (χ4n) is 2.12. The van der Waals surface area contributed by atoms with Gasteiger partial charge in [0.2, 0.25) is 0 Å². The minimum atomic E-state index is 0.773. The summed E-state index contributed by atoms with van der Waals surface area (Å²) < 4.78 is 0. The van der Waals surface area contributed by atoms with E-state index in [0.717, 1.165) is 12.3 Å². The predicted octanol–water partition coefficient (Wildman–Crippen LogP) is 4.52. The molecule has 97 valence electrons. The van der Waals surface area contributed by atoms with Gasteiger partial charge in [-0.2, -0.15) is 0 Å². The summed E-state index contributed by atoms with van der Waals surface area (Å²) in [6, 6.07) is 4.61. The van der Waals surface area contributed by atoms with Gasteiger partial charge in [-0.05, 0) is 37.0 Å². The Hall–Kier alpha value is -0.975. The van der Waals surface area contributed by atoms with Gasteiger partial charge in [0, 0.05) is 0 Å². The average Bonchev–Trinajstić information content (AvgIpc) is 2.37. The van der Waals surface area contributed by atoms with Crippen molar-refractivity contribution in [1.82, 2.24) is 0 Å². The lowest BCUT2D eigenvalue weighted by Crippen LogP contribution is -2.20. The second kappa shape index (κ2) is 6.82. The maximum absolute atomic E-state index is 4.15. The van der Waals surface area contributed by atoms with Crippen LogP contribution in [-0.4, -0.2) is 7.28 Å². The summed E-state index contributed by atoms with van der Waals surface area (Å²) in [5, 5.41) is 0. The molecular formula is C17H26B. The van der Waals surface area contributed by atoms with E-state index >= 15 is 0 Å². The molecule has 1 atom stereocenters. The minimum Gasteiger partial charge on any atom is -0.0952 e. The molecule has 0 aliphatic heterocycles. The molecule has 0 bridgehead atoms. The summed E-state index contributed by atoms with van der Waals surface area (Å²) in [6.45, 7) is 15.3. The van der Waals surface area contributed by atoms with Crippen molar-refractivity contribution in [3.8, 4) is 0 Å². The lowest BCUT2D eigenvalue weighted by Gasteiger charge is -2.14. The monoisotopic (exact) mass is 241 g/mol. The zero-order valence-corrected chi connectivity index (χ0v) is 12.6. The molecule has 18 heavy (non-hydrogen) atoms. The van der Waals surface area contributed by atoms with Gasteiger partial charge in [-0.25, -0.2) is 0 Å². The van der Waals surface area contributed by atoms with Crippen molar-refractivity contribution >= 4 is 18.3 Å². The van der Waals surface area contributed by atoms with Crippen LogP contribution in [0.3, 0.4) is 0 Å². The van der Waals surface area contributed by atoms with Gasteiger partial charge in [0.05, 0.1) is 0 Å². The third-order valence-corrected chi connectivity index (χ3v) is 3.86. The van der Waals surface area contributed by atoms with Crippen LogP contribution in [0, 0.1) is 19.8 Å². The summed E-state index contributed by atoms with van der Waals surface area (Å²) in [5.41, 5.74) is 6.68. The third kappa shape index (κ3) is 3.76. The molecule has 0 heterocycles. The normalized spacial score (nSPS) is 12.3. The number of rotatable bonds is 6. The molecule has 0 aromatic heterocycles. The smallest absolute Gasteiger partial charge is 0.0952 e. The summed E-state index contributed by atoms with van der Waals surface area (Å²) in [7, 11) is 2.38. The number of benzene rings is 1. The first-order valence-corrected chi connectivity index (χ1v) is 7.12. The van der Waals surface area contributed by atoms with Crippen molar-refractivity contribution in [2.45, 2.75) is 53.8 Å². The summed E-state index contributed by atoms with van der Waals surface area (Å²) >= 11 is 0. The van der Waals surface area contributed by atoms with Crippen LogP contribution in [0.5, 0.6) is 0 Å². The molecule has 0 spiro atoms. The van der Waals surface area contributed by atoms with E-state index in [0.29, 0.717) is 0 Å². The van der Waals surface area contributed by atoms with Gasteiger partial charge in [0.25, 0.3) is 0 Å². The summed E-state index contributed by atoms with van der Waals surface area (Å²) in [6.07, 6.45) is 3.44. The highest BCUT2D eigenvalue weighted by Crippen LogP contribution is 2.20. The van der Waals surface area contributed by atoms with Crippen LogP contribution in [0.25, 0.3) is 5.57 Å². The molecule has 0 fully saturated rings. The molecule has 0 aliphatic carbocycles. The highest BCUT2D eigenvalue weighted by Gasteiger charge is 2.08. The topological polar surface area (TPSA) is 0 Å².